The van der Waals surface area contributed by atoms with Crippen molar-refractivity contribution in [1.29, 1.82) is 0 Å². The van der Waals surface area contributed by atoms with Crippen LogP contribution in [0.1, 0.15) is 194 Å². The van der Waals surface area contributed by atoms with Crippen molar-refractivity contribution >= 4 is 17.9 Å². The molecule has 0 radical (unpaired) electrons. The van der Waals surface area contributed by atoms with E-state index in [0.717, 1.165) is 38.5 Å². The molecule has 0 fully saturated rings. The van der Waals surface area contributed by atoms with Crippen LogP contribution in [0.15, 0.2) is 11.5 Å². The van der Waals surface area contributed by atoms with E-state index < -0.39 is 48.2 Å². The summed E-state index contributed by atoms with van der Waals surface area (Å²) in [4.78, 5) is 36.5. The third kappa shape index (κ3) is 21.7. The molecule has 0 aromatic heterocycles. The fourth-order valence-corrected chi connectivity index (χ4v) is 5.89. The molecule has 0 amide bonds. The molecule has 2 atom stereocenters. The lowest BCUT2D eigenvalue weighted by Crippen LogP contribution is -2.33. The summed E-state index contributed by atoms with van der Waals surface area (Å²) < 4.78 is 15.2. The highest BCUT2D eigenvalue weighted by Crippen LogP contribution is 2.25. The molecule has 0 aromatic carbocycles. The molecule has 0 saturated carbocycles. The van der Waals surface area contributed by atoms with Gasteiger partial charge in [0.15, 0.2) is 11.9 Å². The number of hydrogen-bond acceptors (Lipinski definition) is 8. The molecule has 0 spiro atoms. The van der Waals surface area contributed by atoms with Gasteiger partial charge in [-0.1, -0.05) is 168 Å². The van der Waals surface area contributed by atoms with Gasteiger partial charge in [0.2, 0.25) is 0 Å². The first kappa shape index (κ1) is 41.9. The quantitative estimate of drug-likeness (QED) is 0.0419. The molecule has 268 valence electrons. The molecule has 0 saturated heterocycles. The van der Waals surface area contributed by atoms with Gasteiger partial charge in [-0.05, 0) is 12.8 Å². The largest absolute Gasteiger partial charge is 0.505 e. The number of cyclic esters (lactones) is 1. The van der Waals surface area contributed by atoms with Crippen molar-refractivity contribution in [3.05, 3.63) is 11.5 Å². The maximum absolute atomic E-state index is 12.2. The van der Waals surface area contributed by atoms with Crippen LogP contribution in [0.5, 0.6) is 0 Å². The summed E-state index contributed by atoms with van der Waals surface area (Å²) in [5, 5.41) is 20.7. The number of carbonyl (C=O) groups excluding carboxylic acids is 3. The van der Waals surface area contributed by atoms with Crippen LogP contribution in [0.2, 0.25) is 0 Å². The van der Waals surface area contributed by atoms with Gasteiger partial charge in [0.25, 0.3) is 5.76 Å². The molecule has 1 aliphatic rings. The Labute approximate surface area is 280 Å². The third-order valence-corrected chi connectivity index (χ3v) is 8.87. The summed E-state index contributed by atoms with van der Waals surface area (Å²) in [6.07, 6.45) is 28.8. The fraction of sp³-hybridized carbons (Fsp3) is 0.868. The minimum absolute atomic E-state index is 0.131. The highest BCUT2D eigenvalue weighted by Gasteiger charge is 2.42. The first-order valence-electron chi connectivity index (χ1n) is 19.1. The third-order valence-electron chi connectivity index (χ3n) is 8.87. The van der Waals surface area contributed by atoms with Gasteiger partial charge >= 0.3 is 17.9 Å². The van der Waals surface area contributed by atoms with E-state index in [1.807, 2.05) is 0 Å². The zero-order chi connectivity index (χ0) is 33.7. The van der Waals surface area contributed by atoms with Crippen LogP contribution >= 0.6 is 0 Å². The number of aliphatic hydroxyl groups is 2. The fourth-order valence-electron chi connectivity index (χ4n) is 5.89. The highest BCUT2D eigenvalue weighted by atomic mass is 16.6. The Kier molecular flexibility index (Phi) is 26.5. The molecule has 0 aromatic rings. The summed E-state index contributed by atoms with van der Waals surface area (Å²) in [7, 11) is 0. The Hall–Kier alpha value is -2.09. The zero-order valence-electron chi connectivity index (χ0n) is 29.5. The molecule has 8 heteroatoms. The van der Waals surface area contributed by atoms with E-state index in [0.29, 0.717) is 6.42 Å². The minimum Gasteiger partial charge on any atom is -0.505 e. The molecule has 0 aliphatic carbocycles. The van der Waals surface area contributed by atoms with Gasteiger partial charge in [-0.15, -0.1) is 0 Å². The lowest BCUT2D eigenvalue weighted by Gasteiger charge is -2.17. The van der Waals surface area contributed by atoms with Crippen molar-refractivity contribution in [2.24, 2.45) is 0 Å². The van der Waals surface area contributed by atoms with Crippen molar-refractivity contribution in [3.8, 4) is 0 Å². The first-order chi connectivity index (χ1) is 22.4. The Bertz CT molecular complexity index is 824. The van der Waals surface area contributed by atoms with E-state index in [9.17, 15) is 24.6 Å². The lowest BCUT2D eigenvalue weighted by molar-refractivity contribution is -0.157. The van der Waals surface area contributed by atoms with Crippen LogP contribution in [-0.2, 0) is 28.6 Å². The van der Waals surface area contributed by atoms with E-state index in [-0.39, 0.29) is 12.8 Å². The van der Waals surface area contributed by atoms with Crippen LogP contribution in [0.25, 0.3) is 0 Å². The predicted molar refractivity (Wildman–Crippen MR) is 183 cm³/mol. The van der Waals surface area contributed by atoms with Crippen LogP contribution in [0.3, 0.4) is 0 Å². The highest BCUT2D eigenvalue weighted by molar-refractivity contribution is 5.92. The van der Waals surface area contributed by atoms with Gasteiger partial charge in [-0.25, -0.2) is 4.79 Å². The standard InChI is InChI=1S/C38H68O8/c1-3-5-7-9-11-13-15-17-19-21-23-25-27-29-33(40)44-31-32(39)36-35(42)37(38(43)46-36)45-34(41)30-28-26-24-22-20-18-16-14-12-10-8-6-4-2/h32,36,39,42H,3-31H2,1-2H3/t32-,36?/m0/s1. The van der Waals surface area contributed by atoms with Crippen LogP contribution in [-0.4, -0.2) is 46.9 Å². The summed E-state index contributed by atoms with van der Waals surface area (Å²) in [6, 6.07) is 0. The molecule has 1 heterocycles. The van der Waals surface area contributed by atoms with E-state index >= 15 is 0 Å². The van der Waals surface area contributed by atoms with E-state index in [2.05, 4.69) is 13.8 Å². The summed E-state index contributed by atoms with van der Waals surface area (Å²) in [6.45, 7) is 4.05. The van der Waals surface area contributed by atoms with Crippen LogP contribution < -0.4 is 0 Å². The van der Waals surface area contributed by atoms with Crippen LogP contribution in [0, 0.1) is 0 Å². The molecule has 1 unspecified atom stereocenters. The Morgan fingerprint density at radius 2 is 0.957 bits per heavy atom. The maximum atomic E-state index is 12.2. The summed E-state index contributed by atoms with van der Waals surface area (Å²) in [5.74, 6) is -3.33. The number of aliphatic hydroxyl groups excluding tert-OH is 2. The number of rotatable bonds is 32. The van der Waals surface area contributed by atoms with Crippen LogP contribution in [0.4, 0.5) is 0 Å². The first-order valence-corrected chi connectivity index (χ1v) is 19.1. The van der Waals surface area contributed by atoms with Crippen molar-refractivity contribution in [3.63, 3.8) is 0 Å². The number of carbonyl (C=O) groups is 3. The Morgan fingerprint density at radius 3 is 1.35 bits per heavy atom. The van der Waals surface area contributed by atoms with Gasteiger partial charge in [-0.2, -0.15) is 0 Å². The number of esters is 3. The van der Waals surface area contributed by atoms with Crippen molar-refractivity contribution in [2.75, 3.05) is 6.61 Å². The smallest absolute Gasteiger partial charge is 0.378 e. The molecule has 1 rings (SSSR count). The predicted octanol–water partition coefficient (Wildman–Crippen LogP) is 10.1. The molecular formula is C38H68O8. The molecule has 8 nitrogen and oxygen atoms in total. The van der Waals surface area contributed by atoms with Gasteiger partial charge in [0.1, 0.15) is 12.7 Å². The molecule has 46 heavy (non-hydrogen) atoms. The SMILES string of the molecule is CCCCCCCCCCCCCCCC(=O)OC[C@H](O)C1OC(=O)C(OC(=O)CCCCCCCCCCCCCCC)=C1O. The second-order valence-corrected chi connectivity index (χ2v) is 13.2. The molecule has 0 bridgehead atoms. The Morgan fingerprint density at radius 1 is 0.609 bits per heavy atom. The maximum Gasteiger partial charge on any atom is 0.378 e. The van der Waals surface area contributed by atoms with Crippen molar-refractivity contribution in [2.45, 2.75) is 206 Å². The average molecular weight is 653 g/mol. The van der Waals surface area contributed by atoms with Crippen molar-refractivity contribution in [1.82, 2.24) is 0 Å². The van der Waals surface area contributed by atoms with Gasteiger partial charge < -0.3 is 24.4 Å². The summed E-state index contributed by atoms with van der Waals surface area (Å²) in [5.41, 5.74) is 0. The summed E-state index contributed by atoms with van der Waals surface area (Å²) >= 11 is 0. The van der Waals surface area contributed by atoms with Gasteiger partial charge in [0.05, 0.1) is 0 Å². The molecule has 1 aliphatic heterocycles. The molecule has 2 N–H and O–H groups in total. The van der Waals surface area contributed by atoms with E-state index in [1.54, 1.807) is 0 Å². The average Bonchev–Trinajstić information content (AvgIpc) is 3.32. The van der Waals surface area contributed by atoms with Crippen molar-refractivity contribution < 1.29 is 38.8 Å². The Balaban J connectivity index is 2.09. The zero-order valence-corrected chi connectivity index (χ0v) is 29.5. The number of unbranched alkanes of at least 4 members (excludes halogenated alkanes) is 24. The molecular weight excluding hydrogens is 584 g/mol. The van der Waals surface area contributed by atoms with Gasteiger partial charge in [0, 0.05) is 12.8 Å². The monoisotopic (exact) mass is 652 g/mol. The number of ether oxygens (including phenoxy) is 3. The minimum atomic E-state index is -1.46. The topological polar surface area (TPSA) is 119 Å². The van der Waals surface area contributed by atoms with E-state index in [1.165, 1.54) is 122 Å². The van der Waals surface area contributed by atoms with E-state index in [4.69, 9.17) is 14.2 Å². The lowest BCUT2D eigenvalue weighted by atomic mass is 10.0. The normalized spacial score (nSPS) is 15.3. The van der Waals surface area contributed by atoms with Gasteiger partial charge in [-0.3, -0.25) is 9.59 Å². The second-order valence-electron chi connectivity index (χ2n) is 13.2. The second kappa shape index (κ2) is 29.1. The number of hydrogen-bond donors (Lipinski definition) is 2.